The van der Waals surface area contributed by atoms with Crippen LogP contribution in [0.1, 0.15) is 31.2 Å². The fourth-order valence-electron chi connectivity index (χ4n) is 2.27. The Morgan fingerprint density at radius 2 is 1.79 bits per heavy atom. The van der Waals surface area contributed by atoms with Gasteiger partial charge in [-0.3, -0.25) is 4.79 Å². The highest BCUT2D eigenvalue weighted by Gasteiger charge is 2.19. The van der Waals surface area contributed by atoms with E-state index in [0.717, 1.165) is 22.8 Å². The van der Waals surface area contributed by atoms with Crippen LogP contribution in [0.15, 0.2) is 42.5 Å². The van der Waals surface area contributed by atoms with Crippen LogP contribution in [-0.2, 0) is 9.59 Å². The number of ketones is 1. The highest BCUT2D eigenvalue weighted by atomic mass is 16.4. The van der Waals surface area contributed by atoms with Gasteiger partial charge in [0.15, 0.2) is 0 Å². The van der Waals surface area contributed by atoms with Crippen molar-refractivity contribution in [3.63, 3.8) is 0 Å². The fraction of sp³-hybridized carbons (Fsp3) is 0.250. The number of fused-ring (bicyclic) bond motifs is 1. The van der Waals surface area contributed by atoms with Crippen molar-refractivity contribution in [1.29, 1.82) is 0 Å². The van der Waals surface area contributed by atoms with E-state index in [1.54, 1.807) is 0 Å². The summed E-state index contributed by atoms with van der Waals surface area (Å²) < 4.78 is 0. The Kier molecular flexibility index (Phi) is 3.95. The smallest absolute Gasteiger partial charge is 0.372 e. The Labute approximate surface area is 111 Å². The Morgan fingerprint density at radius 1 is 1.11 bits per heavy atom. The van der Waals surface area contributed by atoms with Crippen molar-refractivity contribution in [2.45, 2.75) is 25.7 Å². The molecule has 0 amide bonds. The molecule has 0 heterocycles. The van der Waals surface area contributed by atoms with Gasteiger partial charge >= 0.3 is 5.97 Å². The third-order valence-corrected chi connectivity index (χ3v) is 3.41. The van der Waals surface area contributed by atoms with E-state index in [2.05, 4.69) is 0 Å². The van der Waals surface area contributed by atoms with Crippen molar-refractivity contribution >= 4 is 22.5 Å². The summed E-state index contributed by atoms with van der Waals surface area (Å²) in [7, 11) is 0. The van der Waals surface area contributed by atoms with Crippen molar-refractivity contribution in [3.05, 3.63) is 48.0 Å². The average Bonchev–Trinajstić information content (AvgIpc) is 2.43. The molecule has 0 aliphatic heterocycles. The number of Topliss-reactive ketones (excluding diaryl/α,β-unsaturated/α-hetero) is 1. The van der Waals surface area contributed by atoms with Gasteiger partial charge in [0, 0.05) is 6.42 Å². The summed E-state index contributed by atoms with van der Waals surface area (Å²) in [4.78, 5) is 22.0. The van der Waals surface area contributed by atoms with Gasteiger partial charge in [-0.05, 0) is 28.7 Å². The minimum absolute atomic E-state index is 0.0341. The van der Waals surface area contributed by atoms with E-state index in [1.807, 2.05) is 49.4 Å². The number of aliphatic carboxylic acids is 1. The van der Waals surface area contributed by atoms with Gasteiger partial charge in [-0.25, -0.2) is 4.79 Å². The van der Waals surface area contributed by atoms with E-state index >= 15 is 0 Å². The lowest BCUT2D eigenvalue weighted by atomic mass is 9.90. The zero-order valence-corrected chi connectivity index (χ0v) is 10.8. The van der Waals surface area contributed by atoms with Crippen molar-refractivity contribution < 1.29 is 14.7 Å². The number of benzene rings is 2. The van der Waals surface area contributed by atoms with E-state index in [4.69, 9.17) is 5.11 Å². The van der Waals surface area contributed by atoms with Crippen LogP contribution in [-0.4, -0.2) is 16.9 Å². The summed E-state index contributed by atoms with van der Waals surface area (Å²) in [5.41, 5.74) is 1.02. The van der Waals surface area contributed by atoms with Gasteiger partial charge in [-0.1, -0.05) is 49.4 Å². The number of hydrogen-bond donors (Lipinski definition) is 1. The molecule has 0 aliphatic rings. The summed E-state index contributed by atoms with van der Waals surface area (Å²) in [6.07, 6.45) is 0.807. The quantitative estimate of drug-likeness (QED) is 0.834. The SMILES string of the molecule is CCC(CC(=O)C(=O)O)c1ccc2ccccc2c1. The molecule has 0 saturated carbocycles. The molecule has 0 spiro atoms. The minimum atomic E-state index is -1.35. The monoisotopic (exact) mass is 256 g/mol. The third-order valence-electron chi connectivity index (χ3n) is 3.41. The van der Waals surface area contributed by atoms with E-state index in [0.29, 0.717) is 0 Å². The van der Waals surface area contributed by atoms with Gasteiger partial charge in [0.1, 0.15) is 0 Å². The lowest BCUT2D eigenvalue weighted by Gasteiger charge is -2.14. The first kappa shape index (κ1) is 13.3. The molecular weight excluding hydrogens is 240 g/mol. The average molecular weight is 256 g/mol. The second kappa shape index (κ2) is 5.65. The zero-order valence-electron chi connectivity index (χ0n) is 10.8. The molecule has 0 saturated heterocycles. The summed E-state index contributed by atoms with van der Waals surface area (Å²) in [6, 6.07) is 14.0. The minimum Gasteiger partial charge on any atom is -0.476 e. The van der Waals surface area contributed by atoms with Gasteiger partial charge in [-0.2, -0.15) is 0 Å². The van der Waals surface area contributed by atoms with E-state index < -0.39 is 11.8 Å². The lowest BCUT2D eigenvalue weighted by Crippen LogP contribution is -2.16. The molecule has 2 aromatic carbocycles. The maximum atomic E-state index is 11.3. The molecule has 0 bridgehead atoms. The molecule has 1 unspecified atom stereocenters. The maximum Gasteiger partial charge on any atom is 0.372 e. The summed E-state index contributed by atoms with van der Waals surface area (Å²) in [5.74, 6) is -2.10. The molecule has 1 atom stereocenters. The maximum absolute atomic E-state index is 11.3. The predicted octanol–water partition coefficient (Wildman–Crippen LogP) is 3.38. The van der Waals surface area contributed by atoms with Crippen LogP contribution in [0.4, 0.5) is 0 Å². The Morgan fingerprint density at radius 3 is 2.42 bits per heavy atom. The van der Waals surface area contributed by atoms with Gasteiger partial charge in [0.2, 0.25) is 5.78 Å². The van der Waals surface area contributed by atoms with Gasteiger partial charge in [0.05, 0.1) is 0 Å². The van der Waals surface area contributed by atoms with Crippen molar-refractivity contribution in [2.75, 3.05) is 0 Å². The summed E-state index contributed by atoms with van der Waals surface area (Å²) in [6.45, 7) is 1.97. The zero-order chi connectivity index (χ0) is 13.8. The second-order valence-corrected chi connectivity index (χ2v) is 4.64. The number of carbonyl (C=O) groups excluding carboxylic acids is 1. The molecule has 2 rings (SSSR count). The molecule has 0 fully saturated rings. The Bertz CT molecular complexity index is 616. The molecule has 0 radical (unpaired) electrons. The van der Waals surface area contributed by atoms with Crippen molar-refractivity contribution in [2.24, 2.45) is 0 Å². The third kappa shape index (κ3) is 2.99. The molecule has 98 valence electrons. The molecule has 0 aliphatic carbocycles. The van der Waals surface area contributed by atoms with Crippen LogP contribution >= 0.6 is 0 Å². The van der Waals surface area contributed by atoms with E-state index in [9.17, 15) is 9.59 Å². The number of carboxylic acids is 1. The molecule has 19 heavy (non-hydrogen) atoms. The Hall–Kier alpha value is -2.16. The van der Waals surface area contributed by atoms with Gasteiger partial charge in [-0.15, -0.1) is 0 Å². The second-order valence-electron chi connectivity index (χ2n) is 4.64. The molecule has 3 nitrogen and oxygen atoms in total. The van der Waals surface area contributed by atoms with E-state index in [1.165, 1.54) is 0 Å². The molecule has 0 aromatic heterocycles. The summed E-state index contributed by atoms with van der Waals surface area (Å²) in [5, 5.41) is 11.0. The van der Waals surface area contributed by atoms with Crippen LogP contribution < -0.4 is 0 Å². The summed E-state index contributed by atoms with van der Waals surface area (Å²) >= 11 is 0. The topological polar surface area (TPSA) is 54.4 Å². The van der Waals surface area contributed by atoms with Crippen LogP contribution in [0.25, 0.3) is 10.8 Å². The van der Waals surface area contributed by atoms with Gasteiger partial charge < -0.3 is 5.11 Å². The molecule has 3 heteroatoms. The number of carbonyl (C=O) groups is 2. The van der Waals surface area contributed by atoms with Crippen molar-refractivity contribution in [3.8, 4) is 0 Å². The van der Waals surface area contributed by atoms with Gasteiger partial charge in [0.25, 0.3) is 0 Å². The first-order valence-corrected chi connectivity index (χ1v) is 6.36. The predicted molar refractivity (Wildman–Crippen MR) is 74.2 cm³/mol. The first-order chi connectivity index (χ1) is 9.11. The molecular formula is C16H16O3. The number of hydrogen-bond acceptors (Lipinski definition) is 2. The molecule has 1 N–H and O–H groups in total. The highest BCUT2D eigenvalue weighted by molar-refractivity contribution is 6.32. The normalized spacial score (nSPS) is 12.3. The number of rotatable bonds is 5. The number of carboxylic acid groups (broad SMARTS) is 1. The van der Waals surface area contributed by atoms with Crippen LogP contribution in [0, 0.1) is 0 Å². The fourth-order valence-corrected chi connectivity index (χ4v) is 2.27. The van der Waals surface area contributed by atoms with Crippen LogP contribution in [0.2, 0.25) is 0 Å². The molecule has 2 aromatic rings. The van der Waals surface area contributed by atoms with Crippen LogP contribution in [0.5, 0.6) is 0 Å². The largest absolute Gasteiger partial charge is 0.476 e. The van der Waals surface area contributed by atoms with E-state index in [-0.39, 0.29) is 12.3 Å². The van der Waals surface area contributed by atoms with Crippen LogP contribution in [0.3, 0.4) is 0 Å². The highest BCUT2D eigenvalue weighted by Crippen LogP contribution is 2.26. The van der Waals surface area contributed by atoms with Crippen molar-refractivity contribution in [1.82, 2.24) is 0 Å². The standard InChI is InChI=1S/C16H16O3/c1-2-11(10-15(17)16(18)19)14-8-7-12-5-3-4-6-13(12)9-14/h3-9,11H,2,10H2,1H3,(H,18,19). The lowest BCUT2D eigenvalue weighted by molar-refractivity contribution is -0.149. The first-order valence-electron chi connectivity index (χ1n) is 6.36. The Balaban J connectivity index is 2.30.